The van der Waals surface area contributed by atoms with E-state index in [1.165, 1.54) is 19.2 Å². The molecule has 0 spiro atoms. The normalized spacial score (nSPS) is 10.2. The van der Waals surface area contributed by atoms with Gasteiger partial charge in [-0.1, -0.05) is 17.7 Å². The Morgan fingerprint density at radius 3 is 2.85 bits per heavy atom. The minimum absolute atomic E-state index is 0.0276. The van der Waals surface area contributed by atoms with Crippen molar-refractivity contribution >= 4 is 40.1 Å². The molecule has 1 amide bonds. The van der Waals surface area contributed by atoms with Crippen molar-refractivity contribution in [3.8, 4) is 0 Å². The molecule has 6 nitrogen and oxygen atoms in total. The van der Waals surface area contributed by atoms with Crippen molar-refractivity contribution in [3.05, 3.63) is 40.4 Å². The number of hydrogen-bond acceptors (Lipinski definition) is 6. The van der Waals surface area contributed by atoms with Crippen molar-refractivity contribution in [1.82, 2.24) is 9.36 Å². The number of nitrogens with zero attached hydrogens (tertiary/aromatic N) is 2. The van der Waals surface area contributed by atoms with Crippen LogP contribution in [-0.2, 0) is 4.74 Å². The Bertz CT molecular complexity index is 656. The topological polar surface area (TPSA) is 81.2 Å². The van der Waals surface area contributed by atoms with Crippen LogP contribution in [0.4, 0.5) is 9.52 Å². The molecular weight excluding hydrogens is 309 g/mol. The largest absolute Gasteiger partial charge is 0.463 e. The van der Waals surface area contributed by atoms with Gasteiger partial charge in [0.25, 0.3) is 11.7 Å². The molecule has 1 aromatic heterocycles. The number of ether oxygens (including phenoxy) is 1. The molecule has 0 aliphatic heterocycles. The van der Waals surface area contributed by atoms with Crippen LogP contribution < -0.4 is 5.32 Å². The van der Waals surface area contributed by atoms with E-state index < -0.39 is 17.7 Å². The summed E-state index contributed by atoms with van der Waals surface area (Å²) in [7, 11) is 1.18. The van der Waals surface area contributed by atoms with Crippen LogP contribution in [0.15, 0.2) is 18.2 Å². The van der Waals surface area contributed by atoms with Gasteiger partial charge in [0.15, 0.2) is 0 Å². The maximum absolute atomic E-state index is 13.5. The summed E-state index contributed by atoms with van der Waals surface area (Å²) >= 11 is 6.53. The fraction of sp³-hybridized carbons (Fsp3) is 0.0909. The second-order valence-corrected chi connectivity index (χ2v) is 4.62. The lowest BCUT2D eigenvalue weighted by molar-refractivity contribution is 0.0588. The van der Waals surface area contributed by atoms with Gasteiger partial charge < -0.3 is 4.74 Å². The van der Waals surface area contributed by atoms with E-state index in [-0.39, 0.29) is 21.5 Å². The lowest BCUT2D eigenvalue weighted by Gasteiger charge is -2.04. The Morgan fingerprint density at radius 1 is 1.45 bits per heavy atom. The summed E-state index contributed by atoms with van der Waals surface area (Å²) in [5, 5.41) is 2.32. The lowest BCUT2D eigenvalue weighted by atomic mass is 10.2. The van der Waals surface area contributed by atoms with Gasteiger partial charge >= 0.3 is 5.97 Å². The molecule has 0 aliphatic rings. The van der Waals surface area contributed by atoms with Crippen LogP contribution in [0, 0.1) is 5.82 Å². The predicted octanol–water partition coefficient (Wildman–Crippen LogP) is 2.37. The van der Waals surface area contributed by atoms with E-state index in [0.29, 0.717) is 0 Å². The molecule has 1 heterocycles. The quantitative estimate of drug-likeness (QED) is 0.879. The van der Waals surface area contributed by atoms with Crippen molar-refractivity contribution in [3.63, 3.8) is 0 Å². The van der Waals surface area contributed by atoms with Gasteiger partial charge in [0, 0.05) is 11.5 Å². The lowest BCUT2D eigenvalue weighted by Crippen LogP contribution is -2.14. The smallest absolute Gasteiger partial charge is 0.377 e. The summed E-state index contributed by atoms with van der Waals surface area (Å²) in [6.07, 6.45) is 0. The number of anilines is 1. The first kappa shape index (κ1) is 14.4. The molecule has 1 aromatic carbocycles. The first-order valence-electron chi connectivity index (χ1n) is 5.20. The van der Waals surface area contributed by atoms with Gasteiger partial charge in [-0.3, -0.25) is 10.1 Å². The number of hydrogen-bond donors (Lipinski definition) is 1. The number of carbonyl (C=O) groups excluding carboxylic acids is 2. The van der Waals surface area contributed by atoms with E-state index in [1.54, 1.807) is 0 Å². The molecule has 0 saturated carbocycles. The van der Waals surface area contributed by atoms with Crippen molar-refractivity contribution < 1.29 is 18.7 Å². The zero-order chi connectivity index (χ0) is 14.7. The standard InChI is InChI=1S/C11H7ClFN3O3S/c1-19-10(18)8-14-11(20-16-8)15-9(17)7-5(12)3-2-4-6(7)13/h2-4H,1H3,(H,14,15,16,17). The highest BCUT2D eigenvalue weighted by Gasteiger charge is 2.19. The van der Waals surface area contributed by atoms with Gasteiger partial charge in [-0.25, -0.2) is 9.18 Å². The third kappa shape index (κ3) is 2.91. The molecule has 0 saturated heterocycles. The number of halogens is 2. The molecule has 9 heteroatoms. The number of rotatable bonds is 3. The van der Waals surface area contributed by atoms with E-state index >= 15 is 0 Å². The number of methoxy groups -OCH3 is 1. The van der Waals surface area contributed by atoms with Crippen molar-refractivity contribution in [2.45, 2.75) is 0 Å². The van der Waals surface area contributed by atoms with Gasteiger partial charge in [-0.15, -0.1) is 0 Å². The van der Waals surface area contributed by atoms with E-state index in [0.717, 1.165) is 17.6 Å². The molecule has 0 aliphatic carbocycles. The molecule has 0 unspecified atom stereocenters. The summed E-state index contributed by atoms with van der Waals surface area (Å²) in [5.74, 6) is -2.45. The molecular formula is C11H7ClFN3O3S. The van der Waals surface area contributed by atoms with E-state index in [4.69, 9.17) is 11.6 Å². The van der Waals surface area contributed by atoms with E-state index in [2.05, 4.69) is 19.4 Å². The monoisotopic (exact) mass is 315 g/mol. The minimum Gasteiger partial charge on any atom is -0.463 e. The Labute approximate surface area is 121 Å². The molecule has 2 aromatic rings. The van der Waals surface area contributed by atoms with Crippen molar-refractivity contribution in [2.24, 2.45) is 0 Å². The van der Waals surface area contributed by atoms with Crippen LogP contribution in [0.2, 0.25) is 5.02 Å². The van der Waals surface area contributed by atoms with E-state index in [1.807, 2.05) is 0 Å². The van der Waals surface area contributed by atoms with Crippen LogP contribution >= 0.6 is 23.1 Å². The number of nitrogens with one attached hydrogen (secondary N) is 1. The fourth-order valence-corrected chi connectivity index (χ4v) is 2.13. The van der Waals surface area contributed by atoms with Gasteiger partial charge in [-0.2, -0.15) is 9.36 Å². The third-order valence-electron chi connectivity index (χ3n) is 2.20. The van der Waals surface area contributed by atoms with Crippen LogP contribution in [-0.4, -0.2) is 28.3 Å². The maximum Gasteiger partial charge on any atom is 0.377 e. The Hall–Kier alpha value is -2.06. The highest BCUT2D eigenvalue weighted by Crippen LogP contribution is 2.21. The van der Waals surface area contributed by atoms with E-state index in [9.17, 15) is 14.0 Å². The summed E-state index contributed by atoms with van der Waals surface area (Å²) in [6, 6.07) is 3.88. The Balaban J connectivity index is 2.20. The summed E-state index contributed by atoms with van der Waals surface area (Å²) in [4.78, 5) is 26.8. The first-order chi connectivity index (χ1) is 9.52. The summed E-state index contributed by atoms with van der Waals surface area (Å²) < 4.78 is 21.7. The van der Waals surface area contributed by atoms with Gasteiger partial charge in [-0.05, 0) is 12.1 Å². The predicted molar refractivity (Wildman–Crippen MR) is 70.6 cm³/mol. The number of esters is 1. The zero-order valence-electron chi connectivity index (χ0n) is 10.0. The molecule has 0 bridgehead atoms. The van der Waals surface area contributed by atoms with Crippen LogP contribution in [0.25, 0.3) is 0 Å². The van der Waals surface area contributed by atoms with Crippen molar-refractivity contribution in [2.75, 3.05) is 12.4 Å². The Morgan fingerprint density at radius 2 is 2.20 bits per heavy atom. The number of aromatic nitrogens is 2. The highest BCUT2D eigenvalue weighted by atomic mass is 35.5. The molecule has 104 valence electrons. The number of benzene rings is 1. The SMILES string of the molecule is COC(=O)c1nsc(NC(=O)c2c(F)cccc2Cl)n1. The van der Waals surface area contributed by atoms with Gasteiger partial charge in [0.2, 0.25) is 5.13 Å². The third-order valence-corrected chi connectivity index (χ3v) is 3.15. The molecule has 2 rings (SSSR count). The van der Waals surface area contributed by atoms with Crippen LogP contribution in [0.5, 0.6) is 0 Å². The molecule has 20 heavy (non-hydrogen) atoms. The first-order valence-corrected chi connectivity index (χ1v) is 6.35. The average Bonchev–Trinajstić information content (AvgIpc) is 2.86. The molecule has 0 fully saturated rings. The highest BCUT2D eigenvalue weighted by molar-refractivity contribution is 7.10. The molecule has 1 N–H and O–H groups in total. The second-order valence-electron chi connectivity index (χ2n) is 3.47. The molecule has 0 radical (unpaired) electrons. The van der Waals surface area contributed by atoms with Gasteiger partial charge in [0.1, 0.15) is 5.82 Å². The second kappa shape index (κ2) is 5.93. The molecule has 0 atom stereocenters. The van der Waals surface area contributed by atoms with Crippen LogP contribution in [0.1, 0.15) is 21.0 Å². The number of carbonyl (C=O) groups is 2. The Kier molecular flexibility index (Phi) is 4.26. The van der Waals surface area contributed by atoms with Gasteiger partial charge in [0.05, 0.1) is 17.7 Å². The minimum atomic E-state index is -0.777. The van der Waals surface area contributed by atoms with Crippen LogP contribution in [0.3, 0.4) is 0 Å². The summed E-state index contributed by atoms with van der Waals surface area (Å²) in [6.45, 7) is 0. The summed E-state index contributed by atoms with van der Waals surface area (Å²) in [5.41, 5.74) is -0.302. The van der Waals surface area contributed by atoms with Crippen molar-refractivity contribution in [1.29, 1.82) is 0 Å². The maximum atomic E-state index is 13.5. The average molecular weight is 316 g/mol. The fourth-order valence-electron chi connectivity index (χ4n) is 1.32. The zero-order valence-corrected chi connectivity index (χ0v) is 11.6. The number of amides is 1.